The molecule has 0 aromatic heterocycles. The maximum Gasteiger partial charge on any atom is 0.000252 e. The SMILES string of the molecule is CCCCNCC(C)(C)CCC(C)C. The van der Waals surface area contributed by atoms with E-state index < -0.39 is 0 Å². The van der Waals surface area contributed by atoms with Gasteiger partial charge in [-0.3, -0.25) is 0 Å². The van der Waals surface area contributed by atoms with E-state index in [1.807, 2.05) is 0 Å². The van der Waals surface area contributed by atoms with Crippen LogP contribution in [0.4, 0.5) is 0 Å². The molecular formula is C13H29N. The monoisotopic (exact) mass is 199 g/mol. The fourth-order valence-corrected chi connectivity index (χ4v) is 1.50. The quantitative estimate of drug-likeness (QED) is 0.586. The topological polar surface area (TPSA) is 12.0 Å². The van der Waals surface area contributed by atoms with Crippen molar-refractivity contribution in [3.05, 3.63) is 0 Å². The normalized spacial score (nSPS) is 12.4. The molecule has 0 saturated heterocycles. The molecule has 0 aromatic rings. The van der Waals surface area contributed by atoms with Crippen LogP contribution in [0.2, 0.25) is 0 Å². The Hall–Kier alpha value is -0.0400. The van der Waals surface area contributed by atoms with Crippen LogP contribution >= 0.6 is 0 Å². The van der Waals surface area contributed by atoms with Gasteiger partial charge in [0, 0.05) is 6.54 Å². The lowest BCUT2D eigenvalue weighted by Crippen LogP contribution is -2.30. The van der Waals surface area contributed by atoms with Crippen molar-refractivity contribution < 1.29 is 0 Å². The van der Waals surface area contributed by atoms with Gasteiger partial charge in [-0.1, -0.05) is 47.5 Å². The van der Waals surface area contributed by atoms with Crippen LogP contribution in [-0.4, -0.2) is 13.1 Å². The van der Waals surface area contributed by atoms with Gasteiger partial charge >= 0.3 is 0 Å². The highest BCUT2D eigenvalue weighted by Gasteiger charge is 2.17. The van der Waals surface area contributed by atoms with E-state index in [-0.39, 0.29) is 0 Å². The molecule has 0 aromatic carbocycles. The molecule has 0 fully saturated rings. The van der Waals surface area contributed by atoms with E-state index in [9.17, 15) is 0 Å². The van der Waals surface area contributed by atoms with Crippen molar-refractivity contribution in [1.29, 1.82) is 0 Å². The van der Waals surface area contributed by atoms with E-state index >= 15 is 0 Å². The van der Waals surface area contributed by atoms with E-state index in [1.165, 1.54) is 38.8 Å². The molecule has 0 aliphatic rings. The largest absolute Gasteiger partial charge is 0.316 e. The highest BCUT2D eigenvalue weighted by atomic mass is 14.9. The first-order chi connectivity index (χ1) is 6.48. The van der Waals surface area contributed by atoms with Gasteiger partial charge in [0.15, 0.2) is 0 Å². The summed E-state index contributed by atoms with van der Waals surface area (Å²) in [4.78, 5) is 0. The average Bonchev–Trinajstić information content (AvgIpc) is 2.10. The summed E-state index contributed by atoms with van der Waals surface area (Å²) in [5, 5.41) is 3.55. The van der Waals surface area contributed by atoms with E-state index in [0.717, 1.165) is 5.92 Å². The molecule has 0 radical (unpaired) electrons. The number of unbranched alkanes of at least 4 members (excludes halogenated alkanes) is 1. The molecule has 0 amide bonds. The summed E-state index contributed by atoms with van der Waals surface area (Å²) in [6.07, 6.45) is 5.28. The smallest absolute Gasteiger partial charge is 0.000252 e. The molecule has 14 heavy (non-hydrogen) atoms. The minimum Gasteiger partial charge on any atom is -0.316 e. The van der Waals surface area contributed by atoms with Crippen LogP contribution < -0.4 is 5.32 Å². The summed E-state index contributed by atoms with van der Waals surface area (Å²) in [6, 6.07) is 0. The molecular weight excluding hydrogens is 170 g/mol. The van der Waals surface area contributed by atoms with Crippen molar-refractivity contribution in [2.45, 2.75) is 60.3 Å². The first kappa shape index (κ1) is 14.0. The standard InChI is InChI=1S/C13H29N/c1-6-7-10-14-11-13(4,5)9-8-12(2)3/h12,14H,6-11H2,1-5H3. The third-order valence-corrected chi connectivity index (χ3v) is 2.71. The van der Waals surface area contributed by atoms with Crippen LogP contribution in [0.1, 0.15) is 60.3 Å². The lowest BCUT2D eigenvalue weighted by molar-refractivity contribution is 0.288. The number of rotatable bonds is 8. The zero-order chi connectivity index (χ0) is 11.0. The van der Waals surface area contributed by atoms with Gasteiger partial charge < -0.3 is 5.32 Å². The van der Waals surface area contributed by atoms with Crippen LogP contribution in [0.3, 0.4) is 0 Å². The van der Waals surface area contributed by atoms with E-state index in [1.54, 1.807) is 0 Å². The van der Waals surface area contributed by atoms with Crippen LogP contribution in [0.5, 0.6) is 0 Å². The van der Waals surface area contributed by atoms with Gasteiger partial charge in [-0.05, 0) is 30.7 Å². The van der Waals surface area contributed by atoms with Gasteiger partial charge in [0.25, 0.3) is 0 Å². The predicted octanol–water partition coefficient (Wildman–Crippen LogP) is 3.84. The molecule has 0 spiro atoms. The first-order valence-corrected chi connectivity index (χ1v) is 6.18. The Morgan fingerprint density at radius 3 is 2.36 bits per heavy atom. The molecule has 1 N–H and O–H groups in total. The highest BCUT2D eigenvalue weighted by molar-refractivity contribution is 4.72. The zero-order valence-electron chi connectivity index (χ0n) is 10.8. The van der Waals surface area contributed by atoms with E-state index in [2.05, 4.69) is 39.9 Å². The fourth-order valence-electron chi connectivity index (χ4n) is 1.50. The van der Waals surface area contributed by atoms with Gasteiger partial charge in [0.1, 0.15) is 0 Å². The van der Waals surface area contributed by atoms with Gasteiger partial charge in [0.05, 0.1) is 0 Å². The van der Waals surface area contributed by atoms with Gasteiger partial charge in [0.2, 0.25) is 0 Å². The summed E-state index contributed by atoms with van der Waals surface area (Å²) in [7, 11) is 0. The highest BCUT2D eigenvalue weighted by Crippen LogP contribution is 2.23. The van der Waals surface area contributed by atoms with Gasteiger partial charge in [-0.15, -0.1) is 0 Å². The average molecular weight is 199 g/mol. The summed E-state index contributed by atoms with van der Waals surface area (Å²) in [6.45, 7) is 13.9. The van der Waals surface area contributed by atoms with Gasteiger partial charge in [-0.25, -0.2) is 0 Å². The maximum absolute atomic E-state index is 3.55. The molecule has 0 heterocycles. The Morgan fingerprint density at radius 1 is 1.21 bits per heavy atom. The molecule has 0 aliphatic heterocycles. The Bertz CT molecular complexity index is 127. The van der Waals surface area contributed by atoms with Crippen molar-refractivity contribution in [2.24, 2.45) is 11.3 Å². The molecule has 1 heteroatoms. The minimum atomic E-state index is 0.470. The van der Waals surface area contributed by atoms with Gasteiger partial charge in [-0.2, -0.15) is 0 Å². The number of hydrogen-bond donors (Lipinski definition) is 1. The Labute approximate surface area is 90.7 Å². The lowest BCUT2D eigenvalue weighted by atomic mass is 9.85. The number of hydrogen-bond acceptors (Lipinski definition) is 1. The van der Waals surface area contributed by atoms with Crippen molar-refractivity contribution in [1.82, 2.24) is 5.32 Å². The third-order valence-electron chi connectivity index (χ3n) is 2.71. The summed E-state index contributed by atoms with van der Waals surface area (Å²) in [5.41, 5.74) is 0.470. The molecule has 0 bridgehead atoms. The van der Waals surface area contributed by atoms with Crippen LogP contribution in [-0.2, 0) is 0 Å². The minimum absolute atomic E-state index is 0.470. The van der Waals surface area contributed by atoms with E-state index in [4.69, 9.17) is 0 Å². The van der Waals surface area contributed by atoms with Crippen molar-refractivity contribution >= 4 is 0 Å². The van der Waals surface area contributed by atoms with Crippen molar-refractivity contribution in [2.75, 3.05) is 13.1 Å². The summed E-state index contributed by atoms with van der Waals surface area (Å²) in [5.74, 6) is 0.838. The predicted molar refractivity (Wildman–Crippen MR) is 65.6 cm³/mol. The molecule has 0 rings (SSSR count). The van der Waals surface area contributed by atoms with Crippen LogP contribution in [0, 0.1) is 11.3 Å². The Balaban J connectivity index is 3.50. The molecule has 86 valence electrons. The van der Waals surface area contributed by atoms with Crippen molar-refractivity contribution in [3.8, 4) is 0 Å². The fraction of sp³-hybridized carbons (Fsp3) is 1.00. The van der Waals surface area contributed by atoms with Crippen LogP contribution in [0.25, 0.3) is 0 Å². The zero-order valence-corrected chi connectivity index (χ0v) is 10.8. The maximum atomic E-state index is 3.55. The summed E-state index contributed by atoms with van der Waals surface area (Å²) >= 11 is 0. The number of nitrogens with one attached hydrogen (secondary N) is 1. The van der Waals surface area contributed by atoms with Crippen molar-refractivity contribution in [3.63, 3.8) is 0 Å². The van der Waals surface area contributed by atoms with Crippen LogP contribution in [0.15, 0.2) is 0 Å². The second-order valence-corrected chi connectivity index (χ2v) is 5.63. The first-order valence-electron chi connectivity index (χ1n) is 6.18. The Morgan fingerprint density at radius 2 is 1.86 bits per heavy atom. The second-order valence-electron chi connectivity index (χ2n) is 5.63. The Kier molecular flexibility index (Phi) is 7.26. The molecule has 0 aliphatic carbocycles. The third kappa shape index (κ3) is 8.55. The molecule has 0 saturated carbocycles. The summed E-state index contributed by atoms with van der Waals surface area (Å²) < 4.78 is 0. The lowest BCUT2D eigenvalue weighted by Gasteiger charge is -2.26. The van der Waals surface area contributed by atoms with E-state index in [0.29, 0.717) is 5.41 Å². The molecule has 0 atom stereocenters. The second kappa shape index (κ2) is 7.28. The molecule has 1 nitrogen and oxygen atoms in total. The molecule has 0 unspecified atom stereocenters.